The Morgan fingerprint density at radius 1 is 1.50 bits per heavy atom. The minimum absolute atomic E-state index is 0.0685. The van der Waals surface area contributed by atoms with Gasteiger partial charge in [-0.25, -0.2) is 4.39 Å². The van der Waals surface area contributed by atoms with Gasteiger partial charge in [0.15, 0.2) is 0 Å². The summed E-state index contributed by atoms with van der Waals surface area (Å²) in [6.45, 7) is 0.727. The summed E-state index contributed by atoms with van der Waals surface area (Å²) in [7, 11) is 0. The molecular weight excluding hydrogens is 321 g/mol. The lowest BCUT2D eigenvalue weighted by Crippen LogP contribution is -2.44. The Balaban J connectivity index is 2.21. The highest BCUT2D eigenvalue weighted by atomic mass is 79.9. The molecule has 1 amide bonds. The number of benzene rings is 1. The van der Waals surface area contributed by atoms with Gasteiger partial charge in [-0.2, -0.15) is 0 Å². The molecule has 0 aromatic heterocycles. The van der Waals surface area contributed by atoms with Gasteiger partial charge >= 0.3 is 0 Å². The number of hydrogen-bond donors (Lipinski definition) is 0. The van der Waals surface area contributed by atoms with Crippen LogP contribution < -0.4 is 0 Å². The number of carbonyl (C=O) groups is 1. The van der Waals surface area contributed by atoms with Crippen LogP contribution in [0.4, 0.5) is 4.39 Å². The molecule has 18 heavy (non-hydrogen) atoms. The van der Waals surface area contributed by atoms with Crippen molar-refractivity contribution in [2.75, 3.05) is 12.4 Å². The summed E-state index contributed by atoms with van der Waals surface area (Å²) in [5, 5.41) is 0. The van der Waals surface area contributed by atoms with E-state index in [4.69, 9.17) is 11.6 Å². The Kier molecular flexibility index (Phi) is 4.62. The zero-order chi connectivity index (χ0) is 13.1. The Hall–Kier alpha value is -0.610. The Labute approximate surface area is 119 Å². The quantitative estimate of drug-likeness (QED) is 0.753. The fourth-order valence-electron chi connectivity index (χ4n) is 2.22. The molecule has 0 radical (unpaired) electrons. The smallest absolute Gasteiger partial charge is 0.254 e. The van der Waals surface area contributed by atoms with Gasteiger partial charge < -0.3 is 4.90 Å². The highest BCUT2D eigenvalue weighted by Gasteiger charge is 2.26. The van der Waals surface area contributed by atoms with E-state index in [1.807, 2.05) is 0 Å². The first-order chi connectivity index (χ1) is 8.63. The predicted molar refractivity (Wildman–Crippen MR) is 73.5 cm³/mol. The molecule has 1 heterocycles. The molecule has 98 valence electrons. The van der Waals surface area contributed by atoms with E-state index < -0.39 is 0 Å². The summed E-state index contributed by atoms with van der Waals surface area (Å²) < 4.78 is 13.5. The van der Waals surface area contributed by atoms with Crippen LogP contribution >= 0.6 is 27.5 Å². The van der Waals surface area contributed by atoms with Crippen LogP contribution in [0.25, 0.3) is 0 Å². The first kappa shape index (κ1) is 13.8. The zero-order valence-corrected chi connectivity index (χ0v) is 12.2. The zero-order valence-electron chi connectivity index (χ0n) is 9.83. The third-order valence-corrected chi connectivity index (χ3v) is 4.20. The van der Waals surface area contributed by atoms with Crippen LogP contribution in [0.2, 0.25) is 0 Å². The van der Waals surface area contributed by atoms with Crippen molar-refractivity contribution in [2.24, 2.45) is 0 Å². The number of amides is 1. The molecule has 1 fully saturated rings. The topological polar surface area (TPSA) is 20.3 Å². The number of piperidine rings is 1. The molecule has 1 aliphatic heterocycles. The molecule has 0 aliphatic carbocycles. The van der Waals surface area contributed by atoms with Gasteiger partial charge in [-0.05, 0) is 53.4 Å². The maximum Gasteiger partial charge on any atom is 0.254 e. The minimum Gasteiger partial charge on any atom is -0.334 e. The summed E-state index contributed by atoms with van der Waals surface area (Å²) in [6.07, 6.45) is 3.05. The van der Waals surface area contributed by atoms with Crippen LogP contribution in [-0.4, -0.2) is 29.3 Å². The number of hydrogen-bond acceptors (Lipinski definition) is 1. The van der Waals surface area contributed by atoms with Crippen molar-refractivity contribution >= 4 is 33.4 Å². The second-order valence-electron chi connectivity index (χ2n) is 4.43. The predicted octanol–water partition coefficient (Wildman–Crippen LogP) is 3.82. The van der Waals surface area contributed by atoms with Gasteiger partial charge in [0.05, 0.1) is 4.47 Å². The number of alkyl halides is 1. The normalized spacial score (nSPS) is 19.9. The van der Waals surface area contributed by atoms with Crippen molar-refractivity contribution in [3.63, 3.8) is 0 Å². The van der Waals surface area contributed by atoms with Gasteiger partial charge in [0.2, 0.25) is 0 Å². The molecular formula is C13H14BrClFNO. The average molecular weight is 335 g/mol. The van der Waals surface area contributed by atoms with Gasteiger partial charge in [0.25, 0.3) is 5.91 Å². The van der Waals surface area contributed by atoms with Crippen molar-refractivity contribution in [1.82, 2.24) is 4.90 Å². The SMILES string of the molecule is O=C(c1ccc(F)c(Br)c1)N1CCCCC1CCl. The Morgan fingerprint density at radius 3 is 2.94 bits per heavy atom. The third kappa shape index (κ3) is 2.86. The Bertz CT molecular complexity index is 455. The first-order valence-corrected chi connectivity index (χ1v) is 7.28. The van der Waals surface area contributed by atoms with Crippen LogP contribution in [0.15, 0.2) is 22.7 Å². The van der Waals surface area contributed by atoms with E-state index in [1.165, 1.54) is 18.2 Å². The van der Waals surface area contributed by atoms with E-state index in [-0.39, 0.29) is 17.8 Å². The lowest BCUT2D eigenvalue weighted by Gasteiger charge is -2.34. The van der Waals surface area contributed by atoms with Gasteiger partial charge in [-0.15, -0.1) is 11.6 Å². The van der Waals surface area contributed by atoms with Crippen LogP contribution in [0.5, 0.6) is 0 Å². The molecule has 5 heteroatoms. The van der Waals surface area contributed by atoms with Crippen LogP contribution in [0.3, 0.4) is 0 Å². The maximum absolute atomic E-state index is 13.2. The molecule has 1 unspecified atom stereocenters. The minimum atomic E-state index is -0.362. The molecule has 0 N–H and O–H groups in total. The number of halogens is 3. The highest BCUT2D eigenvalue weighted by molar-refractivity contribution is 9.10. The van der Waals surface area contributed by atoms with Crippen molar-refractivity contribution in [2.45, 2.75) is 25.3 Å². The molecule has 1 atom stereocenters. The van der Waals surface area contributed by atoms with Crippen LogP contribution in [0.1, 0.15) is 29.6 Å². The van der Waals surface area contributed by atoms with Crippen LogP contribution in [0, 0.1) is 5.82 Å². The lowest BCUT2D eigenvalue weighted by atomic mass is 10.0. The molecule has 0 spiro atoms. The molecule has 2 rings (SSSR count). The fourth-order valence-corrected chi connectivity index (χ4v) is 2.92. The van der Waals surface area contributed by atoms with E-state index in [2.05, 4.69) is 15.9 Å². The van der Waals surface area contributed by atoms with Crippen molar-refractivity contribution in [3.8, 4) is 0 Å². The second kappa shape index (κ2) is 6.02. The summed E-state index contributed by atoms with van der Waals surface area (Å²) in [5.41, 5.74) is 0.500. The van der Waals surface area contributed by atoms with Crippen molar-refractivity contribution in [1.29, 1.82) is 0 Å². The summed E-state index contributed by atoms with van der Waals surface area (Å²) in [4.78, 5) is 14.2. The number of likely N-dealkylation sites (tertiary alicyclic amines) is 1. The monoisotopic (exact) mass is 333 g/mol. The summed E-state index contributed by atoms with van der Waals surface area (Å²) >= 11 is 9.00. The van der Waals surface area contributed by atoms with Gasteiger partial charge in [0, 0.05) is 24.0 Å². The first-order valence-electron chi connectivity index (χ1n) is 5.95. The van der Waals surface area contributed by atoms with E-state index >= 15 is 0 Å². The summed E-state index contributed by atoms with van der Waals surface area (Å²) in [6, 6.07) is 4.44. The van der Waals surface area contributed by atoms with Gasteiger partial charge in [0.1, 0.15) is 5.82 Å². The number of rotatable bonds is 2. The summed E-state index contributed by atoms with van der Waals surface area (Å²) in [5.74, 6) is 0.0221. The molecule has 0 saturated carbocycles. The van der Waals surface area contributed by atoms with Gasteiger partial charge in [-0.3, -0.25) is 4.79 Å². The van der Waals surface area contributed by atoms with Crippen LogP contribution in [-0.2, 0) is 0 Å². The molecule has 0 bridgehead atoms. The van der Waals surface area contributed by atoms with Crippen molar-refractivity contribution < 1.29 is 9.18 Å². The maximum atomic E-state index is 13.2. The molecule has 1 aromatic carbocycles. The van der Waals surface area contributed by atoms with E-state index in [1.54, 1.807) is 4.90 Å². The number of nitrogens with zero attached hydrogens (tertiary/aromatic N) is 1. The largest absolute Gasteiger partial charge is 0.334 e. The average Bonchev–Trinajstić information content (AvgIpc) is 2.41. The Morgan fingerprint density at radius 2 is 2.28 bits per heavy atom. The van der Waals surface area contributed by atoms with E-state index in [0.29, 0.717) is 15.9 Å². The standard InChI is InChI=1S/C13H14BrClFNO/c14-11-7-9(4-5-12(11)16)13(18)17-6-2-1-3-10(17)8-15/h4-5,7,10H,1-3,6,8H2. The van der Waals surface area contributed by atoms with Gasteiger partial charge in [-0.1, -0.05) is 0 Å². The van der Waals surface area contributed by atoms with E-state index in [0.717, 1.165) is 25.8 Å². The fraction of sp³-hybridized carbons (Fsp3) is 0.462. The third-order valence-electron chi connectivity index (χ3n) is 3.23. The molecule has 1 aromatic rings. The molecule has 1 saturated heterocycles. The molecule has 1 aliphatic rings. The van der Waals surface area contributed by atoms with E-state index in [9.17, 15) is 9.18 Å². The second-order valence-corrected chi connectivity index (χ2v) is 5.59. The van der Waals surface area contributed by atoms with Crippen molar-refractivity contribution in [3.05, 3.63) is 34.1 Å². The highest BCUT2D eigenvalue weighted by Crippen LogP contribution is 2.23. The lowest BCUT2D eigenvalue weighted by molar-refractivity contribution is 0.0639. The number of carbonyl (C=O) groups excluding carboxylic acids is 1. The molecule has 2 nitrogen and oxygen atoms in total.